The monoisotopic (exact) mass is 434 g/mol. The van der Waals surface area contributed by atoms with Crippen LogP contribution in [0.25, 0.3) is 5.82 Å². The first-order chi connectivity index (χ1) is 15.1. The molecule has 0 bridgehead atoms. The molecule has 31 heavy (non-hydrogen) atoms. The van der Waals surface area contributed by atoms with Crippen molar-refractivity contribution in [1.82, 2.24) is 19.5 Å². The number of halogens is 1. The molecule has 0 saturated heterocycles. The molecule has 0 atom stereocenters. The first-order valence-electron chi connectivity index (χ1n) is 9.44. The SMILES string of the molecule is Cc1nccn1-c1cc(Nc2ccc(NC(=O)COc3ccc(Cl)cc3)cc2)ncn1. The summed E-state index contributed by atoms with van der Waals surface area (Å²) in [7, 11) is 0. The van der Waals surface area contributed by atoms with Gasteiger partial charge in [-0.3, -0.25) is 9.36 Å². The first kappa shape index (κ1) is 20.4. The molecule has 8 nitrogen and oxygen atoms in total. The molecule has 2 heterocycles. The Morgan fingerprint density at radius 3 is 2.48 bits per heavy atom. The number of nitrogens with zero attached hydrogens (tertiary/aromatic N) is 4. The van der Waals surface area contributed by atoms with E-state index in [0.717, 1.165) is 17.3 Å². The third-order valence-electron chi connectivity index (χ3n) is 4.35. The van der Waals surface area contributed by atoms with Crippen molar-refractivity contribution in [2.45, 2.75) is 6.92 Å². The number of hydrogen-bond acceptors (Lipinski definition) is 6. The summed E-state index contributed by atoms with van der Waals surface area (Å²) >= 11 is 5.83. The van der Waals surface area contributed by atoms with Gasteiger partial charge in [0.1, 0.15) is 29.5 Å². The van der Waals surface area contributed by atoms with Gasteiger partial charge in [-0.25, -0.2) is 15.0 Å². The summed E-state index contributed by atoms with van der Waals surface area (Å²) in [6.45, 7) is 1.81. The van der Waals surface area contributed by atoms with Gasteiger partial charge in [-0.05, 0) is 55.5 Å². The molecule has 2 aromatic carbocycles. The Balaban J connectivity index is 1.33. The quantitative estimate of drug-likeness (QED) is 0.448. The number of nitrogens with one attached hydrogen (secondary N) is 2. The number of ether oxygens (including phenoxy) is 1. The second-order valence-electron chi connectivity index (χ2n) is 6.60. The fraction of sp³-hybridized carbons (Fsp3) is 0.0909. The Hall–Kier alpha value is -3.91. The van der Waals surface area contributed by atoms with Gasteiger partial charge < -0.3 is 15.4 Å². The molecule has 0 aliphatic rings. The van der Waals surface area contributed by atoms with E-state index < -0.39 is 0 Å². The zero-order valence-electron chi connectivity index (χ0n) is 16.6. The lowest BCUT2D eigenvalue weighted by Gasteiger charge is -2.10. The topological polar surface area (TPSA) is 94.0 Å². The number of aromatic nitrogens is 4. The second kappa shape index (κ2) is 9.27. The van der Waals surface area contributed by atoms with Gasteiger partial charge in [0.2, 0.25) is 0 Å². The van der Waals surface area contributed by atoms with Crippen molar-refractivity contribution in [2.24, 2.45) is 0 Å². The molecule has 0 fully saturated rings. The second-order valence-corrected chi connectivity index (χ2v) is 7.04. The number of carbonyl (C=O) groups excluding carboxylic acids is 1. The molecular weight excluding hydrogens is 416 g/mol. The molecular formula is C22H19ClN6O2. The van der Waals surface area contributed by atoms with Crippen LogP contribution in [0.15, 0.2) is 73.3 Å². The van der Waals surface area contributed by atoms with E-state index in [0.29, 0.717) is 22.3 Å². The van der Waals surface area contributed by atoms with Crippen LogP contribution in [0.5, 0.6) is 5.75 Å². The Morgan fingerprint density at radius 2 is 1.77 bits per heavy atom. The smallest absolute Gasteiger partial charge is 0.262 e. The van der Waals surface area contributed by atoms with Crippen molar-refractivity contribution in [1.29, 1.82) is 0 Å². The summed E-state index contributed by atoms with van der Waals surface area (Å²) in [5.74, 6) is 2.52. The van der Waals surface area contributed by atoms with Crippen molar-refractivity contribution in [3.63, 3.8) is 0 Å². The fourth-order valence-electron chi connectivity index (χ4n) is 2.83. The van der Waals surface area contributed by atoms with Crippen LogP contribution in [0.2, 0.25) is 5.02 Å². The predicted molar refractivity (Wildman–Crippen MR) is 119 cm³/mol. The average molecular weight is 435 g/mol. The molecule has 0 aliphatic heterocycles. The third kappa shape index (κ3) is 5.37. The largest absolute Gasteiger partial charge is 0.484 e. The van der Waals surface area contributed by atoms with E-state index in [1.165, 1.54) is 6.33 Å². The van der Waals surface area contributed by atoms with E-state index in [1.807, 2.05) is 35.9 Å². The van der Waals surface area contributed by atoms with E-state index in [2.05, 4.69) is 25.6 Å². The Labute approximate surface area is 183 Å². The zero-order valence-corrected chi connectivity index (χ0v) is 17.4. The summed E-state index contributed by atoms with van der Waals surface area (Å²) in [6.07, 6.45) is 5.06. The maximum atomic E-state index is 12.1. The molecule has 9 heteroatoms. The number of hydrogen-bond donors (Lipinski definition) is 2. The molecule has 4 aromatic rings. The molecule has 2 N–H and O–H groups in total. The zero-order chi connectivity index (χ0) is 21.6. The Morgan fingerprint density at radius 1 is 1.03 bits per heavy atom. The minimum atomic E-state index is -0.258. The number of aryl methyl sites for hydroxylation is 1. The molecule has 156 valence electrons. The van der Waals surface area contributed by atoms with E-state index in [1.54, 1.807) is 42.6 Å². The molecule has 0 saturated carbocycles. The van der Waals surface area contributed by atoms with Crippen LogP contribution in [0.1, 0.15) is 5.82 Å². The highest BCUT2D eigenvalue weighted by atomic mass is 35.5. The average Bonchev–Trinajstić information content (AvgIpc) is 3.21. The van der Waals surface area contributed by atoms with Gasteiger partial charge in [-0.15, -0.1) is 0 Å². The number of rotatable bonds is 7. The Bertz CT molecular complexity index is 1180. The van der Waals surface area contributed by atoms with Crippen molar-refractivity contribution < 1.29 is 9.53 Å². The number of benzene rings is 2. The lowest BCUT2D eigenvalue weighted by molar-refractivity contribution is -0.118. The molecule has 0 radical (unpaired) electrons. The molecule has 1 amide bonds. The van der Waals surface area contributed by atoms with Crippen LogP contribution in [0.4, 0.5) is 17.2 Å². The van der Waals surface area contributed by atoms with Gasteiger partial charge in [0.05, 0.1) is 0 Å². The van der Waals surface area contributed by atoms with Crippen LogP contribution in [-0.2, 0) is 4.79 Å². The summed E-state index contributed by atoms with van der Waals surface area (Å²) in [4.78, 5) is 24.8. The standard InChI is InChI=1S/C22H19ClN6O2/c1-15-24-10-11-29(15)21-12-20(25-14-26-21)27-17-4-6-18(7-5-17)28-22(30)13-31-19-8-2-16(23)3-9-19/h2-12,14H,13H2,1H3,(H,28,30)(H,25,26,27). The van der Waals surface area contributed by atoms with Gasteiger partial charge in [-0.2, -0.15) is 0 Å². The van der Waals surface area contributed by atoms with Crippen LogP contribution in [0, 0.1) is 6.92 Å². The van der Waals surface area contributed by atoms with E-state index in [-0.39, 0.29) is 12.5 Å². The van der Waals surface area contributed by atoms with Gasteiger partial charge >= 0.3 is 0 Å². The molecule has 2 aromatic heterocycles. The van der Waals surface area contributed by atoms with Crippen molar-refractivity contribution in [3.8, 4) is 11.6 Å². The van der Waals surface area contributed by atoms with Crippen molar-refractivity contribution in [3.05, 3.63) is 84.2 Å². The molecule has 0 aliphatic carbocycles. The van der Waals surface area contributed by atoms with Crippen LogP contribution in [-0.4, -0.2) is 32.0 Å². The lowest BCUT2D eigenvalue weighted by Crippen LogP contribution is -2.20. The summed E-state index contributed by atoms with van der Waals surface area (Å²) in [5.41, 5.74) is 1.48. The normalized spacial score (nSPS) is 10.5. The summed E-state index contributed by atoms with van der Waals surface area (Å²) < 4.78 is 7.32. The van der Waals surface area contributed by atoms with Gasteiger partial charge in [-0.1, -0.05) is 11.6 Å². The number of anilines is 3. The highest BCUT2D eigenvalue weighted by Crippen LogP contribution is 2.19. The third-order valence-corrected chi connectivity index (χ3v) is 4.60. The minimum absolute atomic E-state index is 0.0982. The fourth-order valence-corrected chi connectivity index (χ4v) is 2.95. The van der Waals surface area contributed by atoms with Crippen LogP contribution >= 0.6 is 11.6 Å². The highest BCUT2D eigenvalue weighted by molar-refractivity contribution is 6.30. The molecule has 0 unspecified atom stereocenters. The van der Waals surface area contributed by atoms with Crippen LogP contribution in [0.3, 0.4) is 0 Å². The minimum Gasteiger partial charge on any atom is -0.484 e. The van der Waals surface area contributed by atoms with E-state index >= 15 is 0 Å². The van der Waals surface area contributed by atoms with E-state index in [4.69, 9.17) is 16.3 Å². The number of imidazole rings is 1. The van der Waals surface area contributed by atoms with Crippen molar-refractivity contribution >= 4 is 34.7 Å². The van der Waals surface area contributed by atoms with Crippen molar-refractivity contribution in [2.75, 3.05) is 17.2 Å². The number of amides is 1. The Kier molecular flexibility index (Phi) is 6.09. The first-order valence-corrected chi connectivity index (χ1v) is 9.82. The van der Waals surface area contributed by atoms with Gasteiger partial charge in [0.25, 0.3) is 5.91 Å². The predicted octanol–water partition coefficient (Wildman–Crippen LogP) is 4.39. The molecule has 0 spiro atoms. The maximum absolute atomic E-state index is 12.1. The summed E-state index contributed by atoms with van der Waals surface area (Å²) in [5, 5.41) is 6.63. The highest BCUT2D eigenvalue weighted by Gasteiger charge is 2.06. The maximum Gasteiger partial charge on any atom is 0.262 e. The van der Waals surface area contributed by atoms with E-state index in [9.17, 15) is 4.79 Å². The summed E-state index contributed by atoms with van der Waals surface area (Å²) in [6, 6.07) is 16.0. The van der Waals surface area contributed by atoms with Crippen LogP contribution < -0.4 is 15.4 Å². The lowest BCUT2D eigenvalue weighted by atomic mass is 10.2. The number of carbonyl (C=O) groups is 1. The molecule has 4 rings (SSSR count). The van der Waals surface area contributed by atoms with Gasteiger partial charge in [0, 0.05) is 34.9 Å². The van der Waals surface area contributed by atoms with Gasteiger partial charge in [0.15, 0.2) is 6.61 Å².